The number of benzene rings is 1. The molecule has 0 aliphatic carbocycles. The summed E-state index contributed by atoms with van der Waals surface area (Å²) in [5.74, 6) is -4.39. The molecule has 3 heterocycles. The Morgan fingerprint density at radius 3 is 2.74 bits per heavy atom. The number of pyridine rings is 1. The molecule has 2 aliphatic heterocycles. The lowest BCUT2D eigenvalue weighted by molar-refractivity contribution is -0.123. The van der Waals surface area contributed by atoms with E-state index < -0.39 is 41.5 Å². The highest BCUT2D eigenvalue weighted by Crippen LogP contribution is 2.35. The van der Waals surface area contributed by atoms with Crippen molar-refractivity contribution in [3.63, 3.8) is 0 Å². The molecule has 3 N–H and O–H groups in total. The number of morpholine rings is 1. The number of ether oxygens (including phenoxy) is 2. The summed E-state index contributed by atoms with van der Waals surface area (Å²) >= 11 is 0. The van der Waals surface area contributed by atoms with Gasteiger partial charge in [0.2, 0.25) is 17.2 Å². The highest BCUT2D eigenvalue weighted by atomic mass is 19.2. The normalized spacial score (nSPS) is 18.9. The van der Waals surface area contributed by atoms with Crippen molar-refractivity contribution in [1.29, 1.82) is 0 Å². The predicted molar refractivity (Wildman–Crippen MR) is 117 cm³/mol. The molecule has 184 valence electrons. The van der Waals surface area contributed by atoms with Crippen LogP contribution in [0.5, 0.6) is 5.75 Å². The molecule has 2 unspecified atom stereocenters. The van der Waals surface area contributed by atoms with Gasteiger partial charge >= 0.3 is 0 Å². The van der Waals surface area contributed by atoms with E-state index in [-0.39, 0.29) is 34.9 Å². The largest absolute Gasteiger partial charge is 0.486 e. The molecule has 1 aromatic carbocycles. The number of halogens is 2. The number of hydrogen-bond acceptors (Lipinski definition) is 7. The lowest BCUT2D eigenvalue weighted by atomic mass is 10.1. The van der Waals surface area contributed by atoms with E-state index in [0.717, 1.165) is 19.2 Å². The van der Waals surface area contributed by atoms with Gasteiger partial charge in [-0.15, -0.1) is 0 Å². The third-order valence-electron chi connectivity index (χ3n) is 5.99. The van der Waals surface area contributed by atoms with E-state index in [0.29, 0.717) is 26.3 Å². The third kappa shape index (κ3) is 4.61. The number of nitrogens with zero attached hydrogens (tertiary/aromatic N) is 2. The van der Waals surface area contributed by atoms with Gasteiger partial charge in [0, 0.05) is 32.4 Å². The quantitative estimate of drug-likeness (QED) is 0.501. The number of rotatable bonds is 7. The van der Waals surface area contributed by atoms with Crippen molar-refractivity contribution in [3.05, 3.63) is 39.7 Å². The van der Waals surface area contributed by atoms with Crippen LogP contribution in [0.4, 0.5) is 8.78 Å². The van der Waals surface area contributed by atoms with E-state index in [1.165, 1.54) is 10.8 Å². The van der Waals surface area contributed by atoms with Crippen LogP contribution in [0.25, 0.3) is 10.9 Å². The molecule has 4 rings (SSSR count). The van der Waals surface area contributed by atoms with E-state index >= 15 is 0 Å². The van der Waals surface area contributed by atoms with Crippen LogP contribution in [0.2, 0.25) is 0 Å². The molecule has 12 heteroatoms. The van der Waals surface area contributed by atoms with E-state index in [1.807, 2.05) is 0 Å². The van der Waals surface area contributed by atoms with Crippen molar-refractivity contribution < 1.29 is 33.0 Å². The van der Waals surface area contributed by atoms with E-state index in [9.17, 15) is 28.3 Å². The molecular formula is C22H26F2N4O6. The SMILES string of the molecule is CC1COc2c(F)c(F)cc3c(=O)c(C(=O)NC(CO)C(=O)NCCN4CCOCC4)cn1c23. The molecule has 1 aromatic heterocycles. The maximum absolute atomic E-state index is 14.2. The number of nitrogens with one attached hydrogen (secondary N) is 2. The summed E-state index contributed by atoms with van der Waals surface area (Å²) in [7, 11) is 0. The van der Waals surface area contributed by atoms with Crippen molar-refractivity contribution >= 4 is 22.7 Å². The molecule has 34 heavy (non-hydrogen) atoms. The minimum Gasteiger partial charge on any atom is -0.486 e. The second-order valence-corrected chi connectivity index (χ2v) is 8.29. The van der Waals surface area contributed by atoms with Crippen molar-refractivity contribution in [2.24, 2.45) is 0 Å². The number of carbonyl (C=O) groups is 2. The van der Waals surface area contributed by atoms with Gasteiger partial charge in [0.25, 0.3) is 5.91 Å². The van der Waals surface area contributed by atoms with Crippen LogP contribution in [0, 0.1) is 11.6 Å². The van der Waals surface area contributed by atoms with Crippen LogP contribution in [0.15, 0.2) is 17.1 Å². The Kier molecular flexibility index (Phi) is 7.10. The summed E-state index contributed by atoms with van der Waals surface area (Å²) in [6.45, 7) is 4.68. The first-order valence-corrected chi connectivity index (χ1v) is 11.0. The summed E-state index contributed by atoms with van der Waals surface area (Å²) in [6, 6.07) is -0.938. The van der Waals surface area contributed by atoms with Crippen LogP contribution in [-0.2, 0) is 9.53 Å². The van der Waals surface area contributed by atoms with Gasteiger partial charge in [0.15, 0.2) is 11.6 Å². The Labute approximate surface area is 193 Å². The molecule has 0 spiro atoms. The molecule has 1 saturated heterocycles. The van der Waals surface area contributed by atoms with Crippen molar-refractivity contribution in [3.8, 4) is 5.75 Å². The van der Waals surface area contributed by atoms with Gasteiger partial charge in [-0.1, -0.05) is 0 Å². The summed E-state index contributed by atoms with van der Waals surface area (Å²) in [5.41, 5.74) is -1.15. The smallest absolute Gasteiger partial charge is 0.257 e. The second kappa shape index (κ2) is 10.0. The first-order valence-electron chi connectivity index (χ1n) is 11.0. The number of aliphatic hydroxyl groups excluding tert-OH is 1. The summed E-state index contributed by atoms with van der Waals surface area (Å²) in [5, 5.41) is 14.4. The van der Waals surface area contributed by atoms with Gasteiger partial charge in [0.05, 0.1) is 36.8 Å². The number of aromatic nitrogens is 1. The lowest BCUT2D eigenvalue weighted by Crippen LogP contribution is -2.51. The van der Waals surface area contributed by atoms with E-state index in [2.05, 4.69) is 15.5 Å². The summed E-state index contributed by atoms with van der Waals surface area (Å²) < 4.78 is 40.3. The standard InChI is InChI=1S/C22H26F2N4O6/c1-12-11-34-20-17(24)15(23)8-13-18(20)28(12)9-14(19(13)30)21(31)26-16(10-29)22(32)25-2-3-27-4-6-33-7-5-27/h8-9,12,16,29H,2-7,10-11H2,1H3,(H,25,32)(H,26,31). The number of carbonyl (C=O) groups excluding carboxylic acids is 2. The minimum atomic E-state index is -1.30. The average Bonchev–Trinajstić information content (AvgIpc) is 2.83. The number of hydrogen-bond donors (Lipinski definition) is 3. The topological polar surface area (TPSA) is 122 Å². The summed E-state index contributed by atoms with van der Waals surface area (Å²) in [4.78, 5) is 40.5. The fourth-order valence-electron chi connectivity index (χ4n) is 4.07. The van der Waals surface area contributed by atoms with Crippen LogP contribution >= 0.6 is 0 Å². The fraction of sp³-hybridized carbons (Fsp3) is 0.500. The van der Waals surface area contributed by atoms with Gasteiger partial charge in [0.1, 0.15) is 18.2 Å². The molecule has 2 aromatic rings. The molecule has 1 fully saturated rings. The molecule has 2 amide bonds. The van der Waals surface area contributed by atoms with E-state index in [1.54, 1.807) is 6.92 Å². The monoisotopic (exact) mass is 480 g/mol. The first-order chi connectivity index (χ1) is 16.3. The van der Waals surface area contributed by atoms with E-state index in [4.69, 9.17) is 9.47 Å². The Hall–Kier alpha value is -3.09. The molecule has 2 aliphatic rings. The molecule has 10 nitrogen and oxygen atoms in total. The maximum Gasteiger partial charge on any atom is 0.257 e. The van der Waals surface area contributed by atoms with Crippen LogP contribution in [-0.4, -0.2) is 85.0 Å². The Morgan fingerprint density at radius 1 is 1.29 bits per heavy atom. The van der Waals surface area contributed by atoms with Gasteiger partial charge < -0.3 is 29.8 Å². The fourth-order valence-corrected chi connectivity index (χ4v) is 4.07. The highest BCUT2D eigenvalue weighted by molar-refractivity contribution is 6.00. The molecule has 0 bridgehead atoms. The number of amides is 2. The zero-order valence-corrected chi connectivity index (χ0v) is 18.6. The zero-order valence-electron chi connectivity index (χ0n) is 18.6. The van der Waals surface area contributed by atoms with Crippen molar-refractivity contribution in [2.75, 3.05) is 52.6 Å². The first kappa shape index (κ1) is 24.0. The van der Waals surface area contributed by atoms with Gasteiger partial charge in [-0.2, -0.15) is 4.39 Å². The van der Waals surface area contributed by atoms with Gasteiger partial charge in [-0.05, 0) is 13.0 Å². The Morgan fingerprint density at radius 2 is 2.03 bits per heavy atom. The maximum atomic E-state index is 14.2. The van der Waals surface area contributed by atoms with Crippen LogP contribution in [0.1, 0.15) is 23.3 Å². The number of aliphatic hydroxyl groups is 1. The van der Waals surface area contributed by atoms with Gasteiger partial charge in [-0.25, -0.2) is 4.39 Å². The molecule has 0 saturated carbocycles. The average molecular weight is 480 g/mol. The highest BCUT2D eigenvalue weighted by Gasteiger charge is 2.29. The Balaban J connectivity index is 1.53. The zero-order chi connectivity index (χ0) is 24.4. The van der Waals surface area contributed by atoms with Crippen LogP contribution in [0.3, 0.4) is 0 Å². The second-order valence-electron chi connectivity index (χ2n) is 8.29. The Bertz CT molecular complexity index is 1160. The molecular weight excluding hydrogens is 454 g/mol. The third-order valence-corrected chi connectivity index (χ3v) is 5.99. The van der Waals surface area contributed by atoms with Crippen molar-refractivity contribution in [1.82, 2.24) is 20.1 Å². The molecule has 2 atom stereocenters. The van der Waals surface area contributed by atoms with Crippen LogP contribution < -0.4 is 20.8 Å². The summed E-state index contributed by atoms with van der Waals surface area (Å²) in [6.07, 6.45) is 1.23. The predicted octanol–water partition coefficient (Wildman–Crippen LogP) is -0.228. The van der Waals surface area contributed by atoms with Crippen molar-refractivity contribution in [2.45, 2.75) is 19.0 Å². The van der Waals surface area contributed by atoms with Gasteiger partial charge in [-0.3, -0.25) is 19.3 Å². The molecule has 0 radical (unpaired) electrons. The minimum absolute atomic E-state index is 0.0111. The lowest BCUT2D eigenvalue weighted by Gasteiger charge is -2.27.